The monoisotopic (exact) mass is 325 g/mol. The maximum Gasteiger partial charge on any atom is 0.258 e. The Bertz CT molecular complexity index is 468. The SMILES string of the molecule is CNc1ncc(Br)cc1C(=O)N1C(C)CCCC1C. The highest BCUT2D eigenvalue weighted by Gasteiger charge is 2.31. The summed E-state index contributed by atoms with van der Waals surface area (Å²) in [5.41, 5.74) is 0.637. The van der Waals surface area contributed by atoms with Gasteiger partial charge in [0.05, 0.1) is 5.56 Å². The molecule has 1 amide bonds. The third kappa shape index (κ3) is 2.91. The molecule has 1 aliphatic heterocycles. The summed E-state index contributed by atoms with van der Waals surface area (Å²) in [5.74, 6) is 0.705. The molecule has 0 bridgehead atoms. The van der Waals surface area contributed by atoms with Crippen LogP contribution in [0.2, 0.25) is 0 Å². The second-order valence-corrected chi connectivity index (χ2v) is 6.06. The number of likely N-dealkylation sites (tertiary alicyclic amines) is 1. The number of aromatic nitrogens is 1. The Hall–Kier alpha value is -1.10. The predicted octanol–water partition coefficient (Wildman–Crippen LogP) is 3.29. The van der Waals surface area contributed by atoms with Crippen molar-refractivity contribution in [2.45, 2.75) is 45.2 Å². The summed E-state index contributed by atoms with van der Waals surface area (Å²) >= 11 is 3.39. The standard InChI is InChI=1S/C14H20BrN3O/c1-9-5-4-6-10(2)18(9)14(19)12-7-11(15)8-17-13(12)16-3/h7-10H,4-6H2,1-3H3,(H,16,17). The largest absolute Gasteiger partial charge is 0.372 e. The van der Waals surface area contributed by atoms with E-state index in [2.05, 4.69) is 40.1 Å². The molecule has 2 atom stereocenters. The van der Waals surface area contributed by atoms with Crippen molar-refractivity contribution in [2.75, 3.05) is 12.4 Å². The van der Waals surface area contributed by atoms with E-state index in [1.807, 2.05) is 11.0 Å². The molecule has 104 valence electrons. The van der Waals surface area contributed by atoms with Crippen LogP contribution in [0.25, 0.3) is 0 Å². The number of piperidine rings is 1. The number of carbonyl (C=O) groups is 1. The van der Waals surface area contributed by atoms with E-state index < -0.39 is 0 Å². The summed E-state index contributed by atoms with van der Waals surface area (Å²) in [7, 11) is 1.79. The van der Waals surface area contributed by atoms with Crippen molar-refractivity contribution in [1.82, 2.24) is 9.88 Å². The van der Waals surface area contributed by atoms with Crippen molar-refractivity contribution in [1.29, 1.82) is 0 Å². The third-order valence-electron chi connectivity index (χ3n) is 3.75. The molecule has 2 heterocycles. The third-order valence-corrected chi connectivity index (χ3v) is 4.18. The fourth-order valence-corrected chi connectivity index (χ4v) is 3.09. The number of hydrogen-bond donors (Lipinski definition) is 1. The molecule has 0 spiro atoms. The minimum absolute atomic E-state index is 0.0675. The fraction of sp³-hybridized carbons (Fsp3) is 0.571. The number of rotatable bonds is 2. The average molecular weight is 326 g/mol. The number of nitrogens with zero attached hydrogens (tertiary/aromatic N) is 2. The second-order valence-electron chi connectivity index (χ2n) is 5.14. The molecule has 4 nitrogen and oxygen atoms in total. The quantitative estimate of drug-likeness (QED) is 0.907. The highest BCUT2D eigenvalue weighted by molar-refractivity contribution is 9.10. The lowest BCUT2D eigenvalue weighted by atomic mass is 9.96. The molecule has 5 heteroatoms. The summed E-state index contributed by atoms with van der Waals surface area (Å²) in [6, 6.07) is 2.43. The normalized spacial score (nSPS) is 23.3. The molecular formula is C14H20BrN3O. The zero-order chi connectivity index (χ0) is 14.0. The molecule has 1 aliphatic rings. The van der Waals surface area contributed by atoms with E-state index in [0.717, 1.165) is 17.3 Å². The zero-order valence-corrected chi connectivity index (χ0v) is 13.2. The second kappa shape index (κ2) is 5.90. The van der Waals surface area contributed by atoms with Crippen LogP contribution in [-0.4, -0.2) is 34.9 Å². The number of hydrogen-bond acceptors (Lipinski definition) is 3. The molecule has 1 saturated heterocycles. The maximum atomic E-state index is 12.8. The Balaban J connectivity index is 2.35. The van der Waals surface area contributed by atoms with Crippen molar-refractivity contribution < 1.29 is 4.79 Å². The Morgan fingerprint density at radius 2 is 2.05 bits per heavy atom. The first kappa shape index (κ1) is 14.3. The summed E-state index contributed by atoms with van der Waals surface area (Å²) < 4.78 is 0.826. The van der Waals surface area contributed by atoms with Crippen molar-refractivity contribution in [3.63, 3.8) is 0 Å². The molecule has 19 heavy (non-hydrogen) atoms. The van der Waals surface area contributed by atoms with Crippen LogP contribution in [0.5, 0.6) is 0 Å². The van der Waals surface area contributed by atoms with Crippen LogP contribution in [0.4, 0.5) is 5.82 Å². The van der Waals surface area contributed by atoms with Gasteiger partial charge in [-0.2, -0.15) is 0 Å². The van der Waals surface area contributed by atoms with Gasteiger partial charge >= 0.3 is 0 Å². The van der Waals surface area contributed by atoms with Gasteiger partial charge in [-0.25, -0.2) is 4.98 Å². The smallest absolute Gasteiger partial charge is 0.258 e. The number of amides is 1. The Morgan fingerprint density at radius 1 is 1.42 bits per heavy atom. The molecule has 0 saturated carbocycles. The van der Waals surface area contributed by atoms with E-state index in [0.29, 0.717) is 23.5 Å². The van der Waals surface area contributed by atoms with Crippen molar-refractivity contribution in [3.8, 4) is 0 Å². The zero-order valence-electron chi connectivity index (χ0n) is 11.6. The van der Waals surface area contributed by atoms with Crippen LogP contribution in [-0.2, 0) is 0 Å². The fourth-order valence-electron chi connectivity index (χ4n) is 2.76. The predicted molar refractivity (Wildman–Crippen MR) is 80.4 cm³/mol. The lowest BCUT2D eigenvalue weighted by Crippen LogP contribution is -2.47. The topological polar surface area (TPSA) is 45.2 Å². The number of anilines is 1. The molecule has 1 fully saturated rings. The van der Waals surface area contributed by atoms with E-state index in [1.165, 1.54) is 6.42 Å². The number of pyridine rings is 1. The van der Waals surface area contributed by atoms with Crippen LogP contribution in [0.15, 0.2) is 16.7 Å². The minimum Gasteiger partial charge on any atom is -0.372 e. The van der Waals surface area contributed by atoms with Crippen LogP contribution < -0.4 is 5.32 Å². The van der Waals surface area contributed by atoms with Gasteiger partial charge in [-0.1, -0.05) is 0 Å². The van der Waals surface area contributed by atoms with Gasteiger partial charge in [-0.3, -0.25) is 4.79 Å². The summed E-state index contributed by atoms with van der Waals surface area (Å²) in [6.45, 7) is 4.25. The Kier molecular flexibility index (Phi) is 4.45. The lowest BCUT2D eigenvalue weighted by molar-refractivity contribution is 0.0511. The maximum absolute atomic E-state index is 12.8. The molecule has 0 radical (unpaired) electrons. The van der Waals surface area contributed by atoms with E-state index >= 15 is 0 Å². The summed E-state index contributed by atoms with van der Waals surface area (Å²) in [6.07, 6.45) is 5.05. The Morgan fingerprint density at radius 3 is 2.63 bits per heavy atom. The highest BCUT2D eigenvalue weighted by Crippen LogP contribution is 2.27. The van der Waals surface area contributed by atoms with E-state index in [-0.39, 0.29) is 5.91 Å². The van der Waals surface area contributed by atoms with Crippen molar-refractivity contribution in [3.05, 3.63) is 22.3 Å². The van der Waals surface area contributed by atoms with Crippen LogP contribution >= 0.6 is 15.9 Å². The summed E-state index contributed by atoms with van der Waals surface area (Å²) in [5, 5.41) is 2.99. The average Bonchev–Trinajstić information content (AvgIpc) is 2.38. The van der Waals surface area contributed by atoms with Gasteiger partial charge in [0.15, 0.2) is 0 Å². The molecule has 0 aromatic carbocycles. The molecule has 1 aromatic rings. The van der Waals surface area contributed by atoms with Gasteiger partial charge in [0.2, 0.25) is 0 Å². The molecule has 1 N–H and O–H groups in total. The molecule has 1 aromatic heterocycles. The van der Waals surface area contributed by atoms with Gasteiger partial charge in [0.1, 0.15) is 5.82 Å². The first-order valence-corrected chi connectivity index (χ1v) is 7.50. The van der Waals surface area contributed by atoms with Crippen LogP contribution in [0, 0.1) is 0 Å². The number of carbonyl (C=O) groups excluding carboxylic acids is 1. The van der Waals surface area contributed by atoms with Gasteiger partial charge < -0.3 is 10.2 Å². The minimum atomic E-state index is 0.0675. The van der Waals surface area contributed by atoms with E-state index in [9.17, 15) is 4.79 Å². The van der Waals surface area contributed by atoms with Gasteiger partial charge in [0.25, 0.3) is 5.91 Å². The van der Waals surface area contributed by atoms with Crippen molar-refractivity contribution >= 4 is 27.7 Å². The first-order valence-electron chi connectivity index (χ1n) is 6.70. The van der Waals surface area contributed by atoms with Gasteiger partial charge in [-0.15, -0.1) is 0 Å². The van der Waals surface area contributed by atoms with Crippen molar-refractivity contribution in [2.24, 2.45) is 0 Å². The molecule has 2 unspecified atom stereocenters. The molecular weight excluding hydrogens is 306 g/mol. The van der Waals surface area contributed by atoms with Gasteiger partial charge in [0, 0.05) is 29.8 Å². The number of nitrogens with one attached hydrogen (secondary N) is 1. The van der Waals surface area contributed by atoms with E-state index in [4.69, 9.17) is 0 Å². The van der Waals surface area contributed by atoms with Crippen LogP contribution in [0.3, 0.4) is 0 Å². The Labute approximate surface area is 122 Å². The summed E-state index contributed by atoms with van der Waals surface area (Å²) in [4.78, 5) is 19.0. The highest BCUT2D eigenvalue weighted by atomic mass is 79.9. The lowest BCUT2D eigenvalue weighted by Gasteiger charge is -2.39. The van der Waals surface area contributed by atoms with Crippen LogP contribution in [0.1, 0.15) is 43.5 Å². The first-order chi connectivity index (χ1) is 9.04. The van der Waals surface area contributed by atoms with E-state index in [1.54, 1.807) is 13.2 Å². The number of halogens is 1. The van der Waals surface area contributed by atoms with Gasteiger partial charge in [-0.05, 0) is 55.1 Å². The molecule has 0 aliphatic carbocycles. The molecule has 2 rings (SSSR count).